The number of carbonyl (C=O) groups excluding carboxylic acids is 4. The van der Waals surface area contributed by atoms with Crippen molar-refractivity contribution in [3.63, 3.8) is 0 Å². The molecule has 2 heterocycles. The van der Waals surface area contributed by atoms with Gasteiger partial charge in [0.1, 0.15) is 22.8 Å². The van der Waals surface area contributed by atoms with E-state index in [-0.39, 0.29) is 48.2 Å². The smallest absolute Gasteiger partial charge is 0.407 e. The summed E-state index contributed by atoms with van der Waals surface area (Å²) >= 11 is 0.973. The SMILES string of the molecule is CCCCCCN(C(=O)C(NC(=O)[C@H]1CCCCN1CCNC(=O)OC(C)(C)C)C(C)CC)C(CC(OCC)c1nc(C(=O)Oc2c(F)c(F)c(F)c(F)c2F)cs1)C(C)C. The Labute approximate surface area is 360 Å². The Bertz CT molecular complexity index is 1750. The van der Waals surface area contributed by atoms with E-state index in [9.17, 15) is 41.1 Å². The first-order valence-corrected chi connectivity index (χ1v) is 22.3. The van der Waals surface area contributed by atoms with Crippen LogP contribution in [0.3, 0.4) is 0 Å². The highest BCUT2D eigenvalue weighted by Gasteiger charge is 2.39. The number of ether oxygens (including phenoxy) is 3. The molecule has 1 aromatic carbocycles. The van der Waals surface area contributed by atoms with Crippen molar-refractivity contribution in [1.82, 2.24) is 25.4 Å². The van der Waals surface area contributed by atoms with Crippen LogP contribution in [0.4, 0.5) is 26.7 Å². The lowest BCUT2D eigenvalue weighted by Gasteiger charge is -2.40. The molecule has 2 aromatic rings. The van der Waals surface area contributed by atoms with Crippen molar-refractivity contribution < 1.29 is 55.3 Å². The second-order valence-corrected chi connectivity index (χ2v) is 17.7. The Balaban J connectivity index is 1.89. The molecule has 1 aliphatic heterocycles. The summed E-state index contributed by atoms with van der Waals surface area (Å²) in [6, 6.07) is -1.82. The zero-order valence-electron chi connectivity index (χ0n) is 36.9. The van der Waals surface area contributed by atoms with Crippen LogP contribution in [0, 0.1) is 40.9 Å². The minimum Gasteiger partial charge on any atom is -0.444 e. The molecule has 3 rings (SSSR count). The van der Waals surface area contributed by atoms with Gasteiger partial charge < -0.3 is 29.7 Å². The summed E-state index contributed by atoms with van der Waals surface area (Å²) in [6.07, 6.45) is 5.32. The van der Waals surface area contributed by atoms with Gasteiger partial charge in [-0.2, -0.15) is 8.78 Å². The predicted molar refractivity (Wildman–Crippen MR) is 222 cm³/mol. The van der Waals surface area contributed by atoms with Crippen molar-refractivity contribution in [2.75, 3.05) is 32.8 Å². The topological polar surface area (TPSA) is 139 Å². The summed E-state index contributed by atoms with van der Waals surface area (Å²) in [5, 5.41) is 7.40. The monoisotopic (exact) mass is 889 g/mol. The Hall–Kier alpha value is -3.90. The standard InChI is InChI=1S/C43H64F5N5O7S/c1-10-13-14-16-21-53(40(55)36(26(6)11-2)51-38(54)28-18-15-17-20-52(28)22-19-49-42(57)60-43(7,8)9)29(25(4)5)23-30(58-12-3)39-50-27(24-61-39)41(56)59-37-34(47)32(45)31(44)33(46)35(37)48/h24-26,28-30,36H,10-23H2,1-9H3,(H,49,57)(H,51,54)/t26?,28-,29?,30?,36?/m1/s1. The van der Waals surface area contributed by atoms with Crippen molar-refractivity contribution >= 4 is 35.2 Å². The number of unbranched alkanes of at least 4 members (excludes halogenated alkanes) is 3. The number of nitrogens with zero attached hydrogens (tertiary/aromatic N) is 3. The van der Waals surface area contributed by atoms with Gasteiger partial charge in [0.15, 0.2) is 5.69 Å². The molecule has 1 aromatic heterocycles. The zero-order chi connectivity index (χ0) is 45.6. The molecule has 0 radical (unpaired) electrons. The van der Waals surface area contributed by atoms with Crippen LogP contribution in [-0.2, 0) is 19.1 Å². The van der Waals surface area contributed by atoms with E-state index in [4.69, 9.17) is 9.47 Å². The molecule has 5 atom stereocenters. The van der Waals surface area contributed by atoms with Gasteiger partial charge in [-0.3, -0.25) is 14.5 Å². The molecule has 1 aliphatic rings. The zero-order valence-corrected chi connectivity index (χ0v) is 37.8. The number of likely N-dealkylation sites (tertiary alicyclic amines) is 1. The molecule has 0 bridgehead atoms. The van der Waals surface area contributed by atoms with Gasteiger partial charge in [-0.25, -0.2) is 27.7 Å². The molecule has 1 fully saturated rings. The third-order valence-electron chi connectivity index (χ3n) is 10.7. The molecule has 3 amide bonds. The number of nitrogens with one attached hydrogen (secondary N) is 2. The minimum atomic E-state index is -2.39. The first-order chi connectivity index (χ1) is 28.8. The van der Waals surface area contributed by atoms with E-state index in [2.05, 4.69) is 27.3 Å². The van der Waals surface area contributed by atoms with Crippen LogP contribution in [0.25, 0.3) is 0 Å². The average Bonchev–Trinajstić information content (AvgIpc) is 3.71. The van der Waals surface area contributed by atoms with Gasteiger partial charge in [0.2, 0.25) is 46.6 Å². The highest BCUT2D eigenvalue weighted by Crippen LogP contribution is 2.33. The fourth-order valence-corrected chi connectivity index (χ4v) is 8.05. The summed E-state index contributed by atoms with van der Waals surface area (Å²) in [7, 11) is 0. The number of hydrogen-bond acceptors (Lipinski definition) is 10. The maximum absolute atomic E-state index is 15.0. The lowest BCUT2D eigenvalue weighted by molar-refractivity contribution is -0.143. The van der Waals surface area contributed by atoms with E-state index in [1.54, 1.807) is 27.7 Å². The third-order valence-corrected chi connectivity index (χ3v) is 11.6. The number of benzene rings is 1. The molecular formula is C43H64F5N5O7S. The van der Waals surface area contributed by atoms with Crippen molar-refractivity contribution in [3.05, 3.63) is 45.2 Å². The average molecular weight is 890 g/mol. The largest absolute Gasteiger partial charge is 0.444 e. The maximum atomic E-state index is 15.0. The van der Waals surface area contributed by atoms with Gasteiger partial charge in [-0.05, 0) is 65.3 Å². The first-order valence-electron chi connectivity index (χ1n) is 21.4. The lowest BCUT2D eigenvalue weighted by atomic mass is 9.91. The molecule has 0 saturated carbocycles. The van der Waals surface area contributed by atoms with Crippen molar-refractivity contribution in [2.45, 2.75) is 150 Å². The fourth-order valence-electron chi connectivity index (χ4n) is 7.20. The van der Waals surface area contributed by atoms with E-state index in [1.165, 1.54) is 5.38 Å². The van der Waals surface area contributed by atoms with E-state index in [0.717, 1.165) is 43.4 Å². The van der Waals surface area contributed by atoms with Gasteiger partial charge in [0.25, 0.3) is 0 Å². The van der Waals surface area contributed by atoms with Gasteiger partial charge in [-0.15, -0.1) is 11.3 Å². The van der Waals surface area contributed by atoms with E-state index >= 15 is 0 Å². The number of hydrogen-bond donors (Lipinski definition) is 2. The minimum absolute atomic E-state index is 0.128. The molecule has 4 unspecified atom stereocenters. The van der Waals surface area contributed by atoms with E-state index in [0.29, 0.717) is 38.9 Å². The number of thiazole rings is 1. The van der Waals surface area contributed by atoms with Crippen molar-refractivity contribution in [3.8, 4) is 5.75 Å². The number of alkyl carbamates (subject to hydrolysis) is 1. The number of carbonyl (C=O) groups is 4. The summed E-state index contributed by atoms with van der Waals surface area (Å²) in [5.41, 5.74) is -1.09. The van der Waals surface area contributed by atoms with E-state index in [1.807, 2.05) is 37.5 Å². The summed E-state index contributed by atoms with van der Waals surface area (Å²) in [6.45, 7) is 19.0. The molecule has 0 aliphatic carbocycles. The third kappa shape index (κ3) is 14.6. The summed E-state index contributed by atoms with van der Waals surface area (Å²) in [4.78, 5) is 62.5. The van der Waals surface area contributed by atoms with Crippen LogP contribution in [-0.4, -0.2) is 95.2 Å². The van der Waals surface area contributed by atoms with Crippen molar-refractivity contribution in [1.29, 1.82) is 0 Å². The van der Waals surface area contributed by atoms with Gasteiger partial charge in [-0.1, -0.05) is 66.7 Å². The summed E-state index contributed by atoms with van der Waals surface area (Å²) < 4.78 is 85.9. The maximum Gasteiger partial charge on any atom is 0.407 e. The molecule has 2 N–H and O–H groups in total. The van der Waals surface area contributed by atoms with Gasteiger partial charge in [0.05, 0.1) is 6.04 Å². The van der Waals surface area contributed by atoms with E-state index < -0.39 is 82.4 Å². The van der Waals surface area contributed by atoms with Crippen LogP contribution in [0.1, 0.15) is 142 Å². The predicted octanol–water partition coefficient (Wildman–Crippen LogP) is 8.87. The quantitative estimate of drug-likeness (QED) is 0.0297. The number of rotatable bonds is 22. The highest BCUT2D eigenvalue weighted by atomic mass is 32.1. The summed E-state index contributed by atoms with van der Waals surface area (Å²) in [5.74, 6) is -15.6. The Morgan fingerprint density at radius 1 is 0.951 bits per heavy atom. The van der Waals surface area contributed by atoms with Crippen LogP contribution in [0.2, 0.25) is 0 Å². The molecule has 344 valence electrons. The number of piperidine rings is 1. The van der Waals surface area contributed by atoms with Crippen LogP contribution in [0.5, 0.6) is 5.75 Å². The van der Waals surface area contributed by atoms with Crippen LogP contribution < -0.4 is 15.4 Å². The normalized spacial score (nSPS) is 16.7. The molecule has 18 heteroatoms. The lowest BCUT2D eigenvalue weighted by Crippen LogP contribution is -2.59. The Kier molecular flexibility index (Phi) is 20.3. The second kappa shape index (κ2) is 24.1. The number of aromatic nitrogens is 1. The Morgan fingerprint density at radius 2 is 1.61 bits per heavy atom. The molecule has 61 heavy (non-hydrogen) atoms. The van der Waals surface area contributed by atoms with Gasteiger partial charge >= 0.3 is 12.1 Å². The highest BCUT2D eigenvalue weighted by molar-refractivity contribution is 7.09. The molecule has 0 spiro atoms. The number of halogens is 5. The van der Waals surface area contributed by atoms with Crippen molar-refractivity contribution in [2.24, 2.45) is 11.8 Å². The van der Waals surface area contributed by atoms with Crippen LogP contribution >= 0.6 is 11.3 Å². The molecule has 12 nitrogen and oxygen atoms in total. The van der Waals surface area contributed by atoms with Crippen LogP contribution in [0.15, 0.2) is 5.38 Å². The second-order valence-electron chi connectivity index (χ2n) is 16.8. The molecular weight excluding hydrogens is 826 g/mol. The molecule has 1 saturated heterocycles. The van der Waals surface area contributed by atoms with Gasteiger partial charge in [0, 0.05) is 44.1 Å². The number of amides is 3. The Morgan fingerprint density at radius 3 is 2.20 bits per heavy atom. The fraction of sp³-hybridized carbons (Fsp3) is 0.698. The number of esters is 1. The first kappa shape index (κ1) is 51.5.